The Labute approximate surface area is 103 Å². The van der Waals surface area contributed by atoms with E-state index < -0.39 is 0 Å². The standard InChI is InChI=1S/C12H23N3O2/c16-12(14-9-11-1-2-11)10-13-3-4-15-5-7-17-8-6-15/h11,13H,1-10H2,(H,14,16). The molecule has 1 saturated heterocycles. The SMILES string of the molecule is O=C(CNCCN1CCOCC1)NCC1CC1. The number of amides is 1. The third kappa shape index (κ3) is 5.48. The molecule has 0 aromatic carbocycles. The molecule has 0 aromatic heterocycles. The van der Waals surface area contributed by atoms with E-state index in [9.17, 15) is 4.79 Å². The Balaban J connectivity index is 1.42. The predicted octanol–water partition coefficient (Wildman–Crippen LogP) is -0.566. The summed E-state index contributed by atoms with van der Waals surface area (Å²) in [6, 6.07) is 0. The van der Waals surface area contributed by atoms with Crippen LogP contribution in [0.3, 0.4) is 0 Å². The van der Waals surface area contributed by atoms with Crippen LogP contribution in [-0.4, -0.2) is 63.3 Å². The van der Waals surface area contributed by atoms with Crippen molar-refractivity contribution >= 4 is 5.91 Å². The van der Waals surface area contributed by atoms with Crippen molar-refractivity contribution in [3.8, 4) is 0 Å². The lowest BCUT2D eigenvalue weighted by molar-refractivity contribution is -0.120. The van der Waals surface area contributed by atoms with Crippen molar-refractivity contribution in [2.24, 2.45) is 5.92 Å². The molecule has 0 unspecified atom stereocenters. The van der Waals surface area contributed by atoms with E-state index in [1.54, 1.807) is 0 Å². The molecular weight excluding hydrogens is 218 g/mol. The summed E-state index contributed by atoms with van der Waals surface area (Å²) < 4.78 is 5.28. The minimum atomic E-state index is 0.124. The van der Waals surface area contributed by atoms with Crippen LogP contribution in [-0.2, 0) is 9.53 Å². The van der Waals surface area contributed by atoms with Gasteiger partial charge in [0.05, 0.1) is 19.8 Å². The second-order valence-electron chi connectivity index (χ2n) is 4.88. The number of morpholine rings is 1. The fraction of sp³-hybridized carbons (Fsp3) is 0.917. The highest BCUT2D eigenvalue weighted by atomic mass is 16.5. The molecule has 5 heteroatoms. The van der Waals surface area contributed by atoms with Gasteiger partial charge in [-0.15, -0.1) is 0 Å². The van der Waals surface area contributed by atoms with E-state index in [1.807, 2.05) is 0 Å². The van der Waals surface area contributed by atoms with Gasteiger partial charge in [-0.2, -0.15) is 0 Å². The Hall–Kier alpha value is -0.650. The van der Waals surface area contributed by atoms with Crippen LogP contribution in [0.1, 0.15) is 12.8 Å². The number of hydrogen-bond donors (Lipinski definition) is 2. The van der Waals surface area contributed by atoms with Crippen molar-refractivity contribution in [3.05, 3.63) is 0 Å². The van der Waals surface area contributed by atoms with Crippen molar-refractivity contribution in [2.45, 2.75) is 12.8 Å². The zero-order valence-electron chi connectivity index (χ0n) is 10.4. The molecule has 2 aliphatic rings. The highest BCUT2D eigenvalue weighted by Gasteiger charge is 2.21. The third-order valence-electron chi connectivity index (χ3n) is 3.28. The van der Waals surface area contributed by atoms with Crippen molar-refractivity contribution < 1.29 is 9.53 Å². The van der Waals surface area contributed by atoms with Crippen LogP contribution in [0.25, 0.3) is 0 Å². The van der Waals surface area contributed by atoms with Crippen molar-refractivity contribution in [3.63, 3.8) is 0 Å². The Morgan fingerprint density at radius 1 is 1.29 bits per heavy atom. The smallest absolute Gasteiger partial charge is 0.233 e. The molecule has 0 spiro atoms. The van der Waals surface area contributed by atoms with E-state index >= 15 is 0 Å². The number of carbonyl (C=O) groups excluding carboxylic acids is 1. The summed E-state index contributed by atoms with van der Waals surface area (Å²) in [7, 11) is 0. The maximum atomic E-state index is 11.4. The maximum absolute atomic E-state index is 11.4. The molecule has 0 bridgehead atoms. The monoisotopic (exact) mass is 241 g/mol. The van der Waals surface area contributed by atoms with Gasteiger partial charge in [0.2, 0.25) is 5.91 Å². The van der Waals surface area contributed by atoms with Gasteiger partial charge in [0.1, 0.15) is 0 Å². The lowest BCUT2D eigenvalue weighted by Gasteiger charge is -2.26. The Morgan fingerprint density at radius 2 is 2.06 bits per heavy atom. The quantitative estimate of drug-likeness (QED) is 0.586. The van der Waals surface area contributed by atoms with Crippen molar-refractivity contribution in [1.82, 2.24) is 15.5 Å². The maximum Gasteiger partial charge on any atom is 0.233 e. The van der Waals surface area contributed by atoms with Crippen LogP contribution >= 0.6 is 0 Å². The fourth-order valence-corrected chi connectivity index (χ4v) is 1.91. The van der Waals surface area contributed by atoms with Gasteiger partial charge in [-0.1, -0.05) is 0 Å². The molecule has 17 heavy (non-hydrogen) atoms. The fourth-order valence-electron chi connectivity index (χ4n) is 1.91. The van der Waals surface area contributed by atoms with Crippen molar-refractivity contribution in [1.29, 1.82) is 0 Å². The molecule has 1 saturated carbocycles. The number of nitrogens with zero attached hydrogens (tertiary/aromatic N) is 1. The van der Waals surface area contributed by atoms with Crippen LogP contribution in [0, 0.1) is 5.92 Å². The molecule has 1 amide bonds. The summed E-state index contributed by atoms with van der Waals surface area (Å²) in [4.78, 5) is 13.8. The summed E-state index contributed by atoms with van der Waals surface area (Å²) in [6.45, 7) is 6.87. The Kier molecular flexibility index (Phi) is 5.22. The van der Waals surface area contributed by atoms with Crippen LogP contribution in [0.4, 0.5) is 0 Å². The predicted molar refractivity (Wildman–Crippen MR) is 65.9 cm³/mol. The summed E-state index contributed by atoms with van der Waals surface area (Å²) in [5.41, 5.74) is 0. The van der Waals surface area contributed by atoms with Gasteiger partial charge >= 0.3 is 0 Å². The molecule has 2 N–H and O–H groups in total. The zero-order chi connectivity index (χ0) is 11.9. The molecule has 1 aliphatic carbocycles. The third-order valence-corrected chi connectivity index (χ3v) is 3.28. The van der Waals surface area contributed by atoms with Gasteiger partial charge in [-0.3, -0.25) is 9.69 Å². The number of hydrogen-bond acceptors (Lipinski definition) is 4. The minimum Gasteiger partial charge on any atom is -0.379 e. The first-order valence-electron chi connectivity index (χ1n) is 6.62. The molecule has 98 valence electrons. The Bertz CT molecular complexity index is 238. The minimum absolute atomic E-state index is 0.124. The van der Waals surface area contributed by atoms with Crippen LogP contribution in [0.15, 0.2) is 0 Å². The summed E-state index contributed by atoms with van der Waals surface area (Å²) in [5.74, 6) is 0.881. The summed E-state index contributed by atoms with van der Waals surface area (Å²) in [5, 5.41) is 6.13. The molecule has 0 atom stereocenters. The van der Waals surface area contributed by atoms with E-state index in [1.165, 1.54) is 12.8 Å². The van der Waals surface area contributed by atoms with E-state index in [-0.39, 0.29) is 5.91 Å². The number of ether oxygens (including phenoxy) is 1. The van der Waals surface area contributed by atoms with Crippen molar-refractivity contribution in [2.75, 3.05) is 52.5 Å². The second kappa shape index (κ2) is 6.93. The lowest BCUT2D eigenvalue weighted by Crippen LogP contribution is -2.42. The van der Waals surface area contributed by atoms with Crippen LogP contribution < -0.4 is 10.6 Å². The molecule has 1 heterocycles. The number of carbonyl (C=O) groups is 1. The summed E-state index contributed by atoms with van der Waals surface area (Å²) in [6.07, 6.45) is 2.56. The summed E-state index contributed by atoms with van der Waals surface area (Å²) >= 11 is 0. The molecule has 0 aromatic rings. The van der Waals surface area contributed by atoms with Gasteiger partial charge < -0.3 is 15.4 Å². The molecule has 2 rings (SSSR count). The number of nitrogens with one attached hydrogen (secondary N) is 2. The largest absolute Gasteiger partial charge is 0.379 e. The Morgan fingerprint density at radius 3 is 2.76 bits per heavy atom. The first-order valence-corrected chi connectivity index (χ1v) is 6.62. The highest BCUT2D eigenvalue weighted by molar-refractivity contribution is 5.77. The second-order valence-corrected chi connectivity index (χ2v) is 4.88. The highest BCUT2D eigenvalue weighted by Crippen LogP contribution is 2.27. The van der Waals surface area contributed by atoms with E-state index in [0.717, 1.165) is 51.9 Å². The van der Waals surface area contributed by atoms with Gasteiger partial charge in [-0.25, -0.2) is 0 Å². The topological polar surface area (TPSA) is 53.6 Å². The molecule has 0 radical (unpaired) electrons. The molecule has 5 nitrogen and oxygen atoms in total. The average Bonchev–Trinajstić information content (AvgIpc) is 3.17. The molecule has 1 aliphatic heterocycles. The lowest BCUT2D eigenvalue weighted by atomic mass is 10.4. The van der Waals surface area contributed by atoms with E-state index in [4.69, 9.17) is 4.74 Å². The molecular formula is C12H23N3O2. The molecule has 2 fully saturated rings. The van der Waals surface area contributed by atoms with Crippen LogP contribution in [0.5, 0.6) is 0 Å². The first kappa shape index (κ1) is 12.8. The van der Waals surface area contributed by atoms with Crippen LogP contribution in [0.2, 0.25) is 0 Å². The first-order chi connectivity index (χ1) is 8.34. The van der Waals surface area contributed by atoms with Gasteiger partial charge in [0, 0.05) is 32.7 Å². The average molecular weight is 241 g/mol. The van der Waals surface area contributed by atoms with Gasteiger partial charge in [-0.05, 0) is 18.8 Å². The zero-order valence-corrected chi connectivity index (χ0v) is 10.4. The number of rotatable bonds is 7. The normalized spacial score (nSPS) is 21.4. The van der Waals surface area contributed by atoms with E-state index in [0.29, 0.717) is 6.54 Å². The van der Waals surface area contributed by atoms with Gasteiger partial charge in [0.15, 0.2) is 0 Å². The van der Waals surface area contributed by atoms with E-state index in [2.05, 4.69) is 15.5 Å². The van der Waals surface area contributed by atoms with Gasteiger partial charge in [0.25, 0.3) is 0 Å².